The summed E-state index contributed by atoms with van der Waals surface area (Å²) < 4.78 is 18.3. The molecule has 0 spiro atoms. The van der Waals surface area contributed by atoms with Gasteiger partial charge in [-0.05, 0) is 38.0 Å². The Labute approximate surface area is 127 Å². The van der Waals surface area contributed by atoms with Crippen LogP contribution in [0.15, 0.2) is 18.2 Å². The number of rotatable bonds is 4. The summed E-state index contributed by atoms with van der Waals surface area (Å²) in [5.74, 6) is -0.626. The monoisotopic (exact) mass is 308 g/mol. The lowest BCUT2D eigenvalue weighted by atomic mass is 10.1. The van der Waals surface area contributed by atoms with Gasteiger partial charge in [-0.2, -0.15) is 0 Å². The van der Waals surface area contributed by atoms with Crippen LogP contribution in [0.3, 0.4) is 0 Å². The molecule has 1 heterocycles. The molecule has 1 atom stereocenters. The number of anilines is 1. The summed E-state index contributed by atoms with van der Waals surface area (Å²) in [6.45, 7) is 5.40. The highest BCUT2D eigenvalue weighted by molar-refractivity contribution is 7.17. The van der Waals surface area contributed by atoms with Crippen LogP contribution in [0.25, 0.3) is 0 Å². The van der Waals surface area contributed by atoms with E-state index in [-0.39, 0.29) is 11.9 Å². The van der Waals surface area contributed by atoms with Crippen molar-refractivity contribution in [2.24, 2.45) is 0 Å². The first-order valence-electron chi connectivity index (χ1n) is 6.50. The summed E-state index contributed by atoms with van der Waals surface area (Å²) in [5.41, 5.74) is 2.06. The minimum Gasteiger partial charge on any atom is -0.465 e. The van der Waals surface area contributed by atoms with Crippen molar-refractivity contribution >= 4 is 22.4 Å². The lowest BCUT2D eigenvalue weighted by Gasteiger charge is -2.13. The molecule has 4 nitrogen and oxygen atoms in total. The molecule has 1 aromatic heterocycles. The van der Waals surface area contributed by atoms with Crippen molar-refractivity contribution in [1.82, 2.24) is 4.98 Å². The fourth-order valence-electron chi connectivity index (χ4n) is 1.89. The summed E-state index contributed by atoms with van der Waals surface area (Å²) in [5, 5.41) is 3.79. The van der Waals surface area contributed by atoms with Crippen LogP contribution >= 0.6 is 11.3 Å². The van der Waals surface area contributed by atoms with Gasteiger partial charge in [0.2, 0.25) is 0 Å². The maximum Gasteiger partial charge on any atom is 0.350 e. The third kappa shape index (κ3) is 3.39. The van der Waals surface area contributed by atoms with E-state index in [1.54, 1.807) is 19.9 Å². The maximum absolute atomic E-state index is 13.6. The first kappa shape index (κ1) is 15.4. The van der Waals surface area contributed by atoms with Gasteiger partial charge in [-0.25, -0.2) is 14.2 Å². The van der Waals surface area contributed by atoms with E-state index in [1.165, 1.54) is 24.5 Å². The van der Waals surface area contributed by atoms with Gasteiger partial charge < -0.3 is 10.1 Å². The number of nitrogens with one attached hydrogen (secondary N) is 1. The fraction of sp³-hybridized carbons (Fsp3) is 0.333. The summed E-state index contributed by atoms with van der Waals surface area (Å²) in [6.07, 6.45) is 0. The molecule has 1 unspecified atom stereocenters. The van der Waals surface area contributed by atoms with Gasteiger partial charge in [-0.15, -0.1) is 0 Å². The van der Waals surface area contributed by atoms with Crippen molar-refractivity contribution in [2.45, 2.75) is 26.8 Å². The molecule has 2 aromatic rings. The van der Waals surface area contributed by atoms with Crippen LogP contribution in [-0.2, 0) is 4.74 Å². The van der Waals surface area contributed by atoms with Crippen molar-refractivity contribution in [3.05, 3.63) is 45.7 Å². The number of hydrogen-bond acceptors (Lipinski definition) is 5. The highest BCUT2D eigenvalue weighted by Gasteiger charge is 2.17. The molecule has 0 aliphatic rings. The maximum atomic E-state index is 13.6. The molecular weight excluding hydrogens is 291 g/mol. The third-order valence-corrected chi connectivity index (χ3v) is 4.27. The zero-order valence-corrected chi connectivity index (χ0v) is 13.2. The molecule has 2 rings (SSSR count). The molecule has 0 aliphatic heterocycles. The van der Waals surface area contributed by atoms with Crippen molar-refractivity contribution in [2.75, 3.05) is 12.4 Å². The Morgan fingerprint density at radius 3 is 2.76 bits per heavy atom. The zero-order valence-electron chi connectivity index (χ0n) is 12.4. The van der Waals surface area contributed by atoms with Crippen LogP contribution in [0, 0.1) is 19.7 Å². The number of nitrogens with zero attached hydrogens (tertiary/aromatic N) is 1. The zero-order chi connectivity index (χ0) is 15.6. The predicted molar refractivity (Wildman–Crippen MR) is 81.4 cm³/mol. The normalized spacial score (nSPS) is 12.0. The van der Waals surface area contributed by atoms with Crippen LogP contribution in [-0.4, -0.2) is 18.1 Å². The predicted octanol–water partition coefficient (Wildman–Crippen LogP) is 3.86. The van der Waals surface area contributed by atoms with E-state index in [0.717, 1.165) is 5.56 Å². The van der Waals surface area contributed by atoms with Gasteiger partial charge >= 0.3 is 5.97 Å². The molecule has 0 amide bonds. The Balaban J connectivity index is 2.17. The van der Waals surface area contributed by atoms with Gasteiger partial charge in [0.1, 0.15) is 10.7 Å². The number of halogens is 1. The molecule has 0 bridgehead atoms. The SMILES string of the molecule is COC(=O)c1sc(NC(C)c2ccc(C)c(F)c2)nc1C. The molecule has 0 radical (unpaired) electrons. The quantitative estimate of drug-likeness (QED) is 0.871. The molecule has 6 heteroatoms. The summed E-state index contributed by atoms with van der Waals surface area (Å²) in [7, 11) is 1.34. The standard InChI is InChI=1S/C15H17FN2O2S/c1-8-5-6-11(7-12(8)16)9(2)17-15-18-10(3)13(21-15)14(19)20-4/h5-7,9H,1-4H3,(H,17,18). The average Bonchev–Trinajstić information content (AvgIpc) is 2.81. The van der Waals surface area contributed by atoms with E-state index < -0.39 is 5.97 Å². The van der Waals surface area contributed by atoms with E-state index in [1.807, 2.05) is 13.0 Å². The Morgan fingerprint density at radius 2 is 2.14 bits per heavy atom. The van der Waals surface area contributed by atoms with Crippen molar-refractivity contribution in [3.8, 4) is 0 Å². The van der Waals surface area contributed by atoms with Gasteiger partial charge in [0, 0.05) is 0 Å². The molecule has 21 heavy (non-hydrogen) atoms. The second-order valence-electron chi connectivity index (χ2n) is 4.80. The molecule has 112 valence electrons. The lowest BCUT2D eigenvalue weighted by molar-refractivity contribution is 0.0605. The Bertz CT molecular complexity index is 670. The number of carbonyl (C=O) groups is 1. The minimum atomic E-state index is -0.396. The second-order valence-corrected chi connectivity index (χ2v) is 5.80. The van der Waals surface area contributed by atoms with Crippen LogP contribution in [0.2, 0.25) is 0 Å². The Hall–Kier alpha value is -1.95. The number of aryl methyl sites for hydroxylation is 2. The summed E-state index contributed by atoms with van der Waals surface area (Å²) in [4.78, 5) is 16.3. The summed E-state index contributed by atoms with van der Waals surface area (Å²) >= 11 is 1.23. The highest BCUT2D eigenvalue weighted by Crippen LogP contribution is 2.27. The molecule has 0 saturated heterocycles. The third-order valence-electron chi connectivity index (χ3n) is 3.20. The van der Waals surface area contributed by atoms with Crippen molar-refractivity contribution in [1.29, 1.82) is 0 Å². The van der Waals surface area contributed by atoms with Gasteiger partial charge in [0.05, 0.1) is 18.8 Å². The number of esters is 1. The average molecular weight is 308 g/mol. The van der Waals surface area contributed by atoms with E-state index in [0.29, 0.717) is 21.3 Å². The van der Waals surface area contributed by atoms with E-state index in [4.69, 9.17) is 4.74 Å². The van der Waals surface area contributed by atoms with E-state index in [2.05, 4.69) is 10.3 Å². The van der Waals surface area contributed by atoms with E-state index >= 15 is 0 Å². The van der Waals surface area contributed by atoms with Gasteiger partial charge in [-0.3, -0.25) is 0 Å². The Kier molecular flexibility index (Phi) is 4.57. The smallest absolute Gasteiger partial charge is 0.350 e. The largest absolute Gasteiger partial charge is 0.465 e. The number of aromatic nitrogens is 1. The van der Waals surface area contributed by atoms with Crippen LogP contribution in [0.5, 0.6) is 0 Å². The number of ether oxygens (including phenoxy) is 1. The van der Waals surface area contributed by atoms with E-state index in [9.17, 15) is 9.18 Å². The lowest BCUT2D eigenvalue weighted by Crippen LogP contribution is -2.07. The molecule has 0 aliphatic carbocycles. The van der Waals surface area contributed by atoms with Crippen molar-refractivity contribution in [3.63, 3.8) is 0 Å². The summed E-state index contributed by atoms with van der Waals surface area (Å²) in [6, 6.07) is 5.01. The second kappa shape index (κ2) is 6.22. The van der Waals surface area contributed by atoms with Gasteiger partial charge in [0.15, 0.2) is 5.13 Å². The first-order valence-corrected chi connectivity index (χ1v) is 7.32. The number of thiazole rings is 1. The van der Waals surface area contributed by atoms with Crippen LogP contribution in [0.4, 0.5) is 9.52 Å². The van der Waals surface area contributed by atoms with Gasteiger partial charge in [0.25, 0.3) is 0 Å². The molecule has 0 saturated carbocycles. The molecular formula is C15H17FN2O2S. The fourth-order valence-corrected chi connectivity index (χ4v) is 2.86. The molecule has 0 fully saturated rings. The van der Waals surface area contributed by atoms with Gasteiger partial charge in [-0.1, -0.05) is 23.5 Å². The highest BCUT2D eigenvalue weighted by atomic mass is 32.1. The topological polar surface area (TPSA) is 51.2 Å². The molecule has 1 aromatic carbocycles. The number of benzene rings is 1. The minimum absolute atomic E-state index is 0.115. The number of carbonyl (C=O) groups excluding carboxylic acids is 1. The number of hydrogen-bond donors (Lipinski definition) is 1. The van der Waals surface area contributed by atoms with Crippen LogP contribution < -0.4 is 5.32 Å². The molecule has 1 N–H and O–H groups in total. The Morgan fingerprint density at radius 1 is 1.43 bits per heavy atom. The first-order chi connectivity index (χ1) is 9.92. The van der Waals surface area contributed by atoms with Crippen molar-refractivity contribution < 1.29 is 13.9 Å². The van der Waals surface area contributed by atoms with Crippen LogP contribution in [0.1, 0.15) is 39.5 Å². The number of methoxy groups -OCH3 is 1.